The van der Waals surface area contributed by atoms with Gasteiger partial charge in [-0.2, -0.15) is 0 Å². The number of hydrogen-bond donors (Lipinski definition) is 1. The van der Waals surface area contributed by atoms with Crippen molar-refractivity contribution >= 4 is 11.3 Å². The van der Waals surface area contributed by atoms with Gasteiger partial charge in [0.25, 0.3) is 0 Å². The fourth-order valence-electron chi connectivity index (χ4n) is 2.63. The highest BCUT2D eigenvalue weighted by Crippen LogP contribution is 2.34. The highest BCUT2D eigenvalue weighted by atomic mass is 32.1. The van der Waals surface area contributed by atoms with E-state index in [0.717, 1.165) is 13.1 Å². The molecule has 1 N–H and O–H groups in total. The van der Waals surface area contributed by atoms with Crippen molar-refractivity contribution in [2.75, 3.05) is 13.1 Å². The molecule has 0 saturated carbocycles. The van der Waals surface area contributed by atoms with Crippen LogP contribution in [0.5, 0.6) is 0 Å². The molecular weight excluding hydrogens is 266 g/mol. The summed E-state index contributed by atoms with van der Waals surface area (Å²) in [5, 5.41) is 6.87. The molecule has 1 fully saturated rings. The first kappa shape index (κ1) is 15.9. The average Bonchev–Trinajstić information content (AvgIpc) is 2.87. The number of rotatable bonds is 6. The van der Waals surface area contributed by atoms with Gasteiger partial charge in [-0.05, 0) is 31.3 Å². The minimum atomic E-state index is 0.524. The van der Waals surface area contributed by atoms with E-state index in [-0.39, 0.29) is 0 Å². The molecule has 0 unspecified atom stereocenters. The summed E-state index contributed by atoms with van der Waals surface area (Å²) in [5.74, 6) is 0. The van der Waals surface area contributed by atoms with Gasteiger partial charge in [-0.15, -0.1) is 11.3 Å². The Bertz CT molecular complexity index is 406. The van der Waals surface area contributed by atoms with Crippen molar-refractivity contribution < 1.29 is 0 Å². The standard InChI is InChI=1S/C16H29N3S/c1-5-16(4)6-8-19(9-7-16)11-14-12-20-15(18-14)10-17-13(2)3/h12-13,17H,5-11H2,1-4H3. The van der Waals surface area contributed by atoms with E-state index in [4.69, 9.17) is 4.98 Å². The molecule has 0 atom stereocenters. The zero-order valence-electron chi connectivity index (χ0n) is 13.4. The van der Waals surface area contributed by atoms with Crippen molar-refractivity contribution in [2.45, 2.75) is 66.1 Å². The highest BCUT2D eigenvalue weighted by Gasteiger charge is 2.28. The number of nitrogens with zero attached hydrogens (tertiary/aromatic N) is 2. The topological polar surface area (TPSA) is 28.2 Å². The zero-order chi connectivity index (χ0) is 14.6. The Morgan fingerprint density at radius 1 is 1.40 bits per heavy atom. The fourth-order valence-corrected chi connectivity index (χ4v) is 3.36. The SMILES string of the molecule is CCC1(C)CCN(Cc2csc(CNC(C)C)n2)CC1. The Hall–Kier alpha value is -0.450. The quantitative estimate of drug-likeness (QED) is 0.868. The normalized spacial score (nSPS) is 19.6. The molecule has 1 aromatic heterocycles. The van der Waals surface area contributed by atoms with Crippen molar-refractivity contribution in [2.24, 2.45) is 5.41 Å². The monoisotopic (exact) mass is 295 g/mol. The maximum atomic E-state index is 4.75. The third kappa shape index (κ3) is 4.54. The summed E-state index contributed by atoms with van der Waals surface area (Å²) >= 11 is 1.78. The molecule has 2 rings (SSSR count). The largest absolute Gasteiger partial charge is 0.308 e. The number of thiazole rings is 1. The lowest BCUT2D eigenvalue weighted by Crippen LogP contribution is -2.38. The Morgan fingerprint density at radius 3 is 2.70 bits per heavy atom. The first-order valence-electron chi connectivity index (χ1n) is 7.90. The van der Waals surface area contributed by atoms with Crippen molar-refractivity contribution in [3.8, 4) is 0 Å². The summed E-state index contributed by atoms with van der Waals surface area (Å²) in [6.07, 6.45) is 3.97. The zero-order valence-corrected chi connectivity index (χ0v) is 14.2. The molecule has 114 valence electrons. The summed E-state index contributed by atoms with van der Waals surface area (Å²) in [7, 11) is 0. The average molecular weight is 295 g/mol. The number of aromatic nitrogens is 1. The Morgan fingerprint density at radius 2 is 2.10 bits per heavy atom. The van der Waals surface area contributed by atoms with Gasteiger partial charge in [-0.1, -0.05) is 34.1 Å². The molecule has 1 aliphatic heterocycles. The molecule has 3 nitrogen and oxygen atoms in total. The molecule has 0 aromatic carbocycles. The van der Waals surface area contributed by atoms with Crippen LogP contribution in [0.2, 0.25) is 0 Å². The molecule has 20 heavy (non-hydrogen) atoms. The maximum absolute atomic E-state index is 4.75. The highest BCUT2D eigenvalue weighted by molar-refractivity contribution is 7.09. The van der Waals surface area contributed by atoms with E-state index >= 15 is 0 Å². The van der Waals surface area contributed by atoms with Gasteiger partial charge >= 0.3 is 0 Å². The van der Waals surface area contributed by atoms with Gasteiger partial charge < -0.3 is 5.32 Å². The van der Waals surface area contributed by atoms with E-state index in [1.807, 2.05) is 0 Å². The fraction of sp³-hybridized carbons (Fsp3) is 0.812. The van der Waals surface area contributed by atoms with Crippen molar-refractivity contribution in [1.29, 1.82) is 0 Å². The Labute approximate surface area is 127 Å². The molecule has 0 aliphatic carbocycles. The predicted octanol–water partition coefficient (Wildman–Crippen LogP) is 3.65. The third-order valence-corrected chi connectivity index (χ3v) is 5.46. The second-order valence-corrected chi connectivity index (χ2v) is 7.65. The predicted molar refractivity (Wildman–Crippen MR) is 87.0 cm³/mol. The number of hydrogen-bond acceptors (Lipinski definition) is 4. The first-order chi connectivity index (χ1) is 9.50. The molecule has 2 heterocycles. The van der Waals surface area contributed by atoms with E-state index in [0.29, 0.717) is 11.5 Å². The molecule has 1 saturated heterocycles. The van der Waals surface area contributed by atoms with Crippen molar-refractivity contribution in [3.05, 3.63) is 16.1 Å². The summed E-state index contributed by atoms with van der Waals surface area (Å²) < 4.78 is 0. The summed E-state index contributed by atoms with van der Waals surface area (Å²) in [4.78, 5) is 7.31. The van der Waals surface area contributed by atoms with E-state index in [9.17, 15) is 0 Å². The first-order valence-corrected chi connectivity index (χ1v) is 8.78. The minimum absolute atomic E-state index is 0.524. The van der Waals surface area contributed by atoms with Gasteiger partial charge in [0.1, 0.15) is 5.01 Å². The summed E-state index contributed by atoms with van der Waals surface area (Å²) in [6, 6.07) is 0.524. The number of nitrogens with one attached hydrogen (secondary N) is 1. The molecule has 1 aromatic rings. The van der Waals surface area contributed by atoms with Gasteiger partial charge in [-0.3, -0.25) is 4.90 Å². The molecule has 0 amide bonds. The third-order valence-electron chi connectivity index (χ3n) is 4.56. The van der Waals surface area contributed by atoms with Crippen LogP contribution in [0.25, 0.3) is 0 Å². The van der Waals surface area contributed by atoms with Gasteiger partial charge in [0, 0.05) is 24.5 Å². The molecule has 0 radical (unpaired) electrons. The van der Waals surface area contributed by atoms with E-state index < -0.39 is 0 Å². The second-order valence-electron chi connectivity index (χ2n) is 6.71. The molecule has 0 bridgehead atoms. The molecular formula is C16H29N3S. The van der Waals surface area contributed by atoms with Gasteiger partial charge in [0.05, 0.1) is 5.69 Å². The Kier molecular flexibility index (Phi) is 5.58. The van der Waals surface area contributed by atoms with Crippen LogP contribution in [-0.2, 0) is 13.1 Å². The second kappa shape index (κ2) is 7.01. The van der Waals surface area contributed by atoms with E-state index in [1.54, 1.807) is 11.3 Å². The van der Waals surface area contributed by atoms with Crippen molar-refractivity contribution in [1.82, 2.24) is 15.2 Å². The van der Waals surface area contributed by atoms with Crippen LogP contribution in [0.15, 0.2) is 5.38 Å². The van der Waals surface area contributed by atoms with Crippen LogP contribution in [0, 0.1) is 5.41 Å². The number of likely N-dealkylation sites (tertiary alicyclic amines) is 1. The lowest BCUT2D eigenvalue weighted by molar-refractivity contribution is 0.109. The summed E-state index contributed by atoms with van der Waals surface area (Å²) in [5.41, 5.74) is 1.82. The van der Waals surface area contributed by atoms with Gasteiger partial charge in [0.2, 0.25) is 0 Å². The van der Waals surface area contributed by atoms with Crippen LogP contribution >= 0.6 is 11.3 Å². The van der Waals surface area contributed by atoms with Crippen LogP contribution in [0.3, 0.4) is 0 Å². The lowest BCUT2D eigenvalue weighted by Gasteiger charge is -2.38. The minimum Gasteiger partial charge on any atom is -0.308 e. The number of piperidine rings is 1. The molecule has 0 spiro atoms. The lowest BCUT2D eigenvalue weighted by atomic mass is 9.78. The van der Waals surface area contributed by atoms with Gasteiger partial charge in [0.15, 0.2) is 0 Å². The van der Waals surface area contributed by atoms with Crippen molar-refractivity contribution in [3.63, 3.8) is 0 Å². The van der Waals surface area contributed by atoms with Crippen LogP contribution in [0.4, 0.5) is 0 Å². The summed E-state index contributed by atoms with van der Waals surface area (Å²) in [6.45, 7) is 13.5. The Balaban J connectivity index is 1.80. The smallest absolute Gasteiger partial charge is 0.107 e. The van der Waals surface area contributed by atoms with E-state index in [1.165, 1.54) is 43.1 Å². The van der Waals surface area contributed by atoms with Crippen LogP contribution in [0.1, 0.15) is 57.7 Å². The molecule has 1 aliphatic rings. The maximum Gasteiger partial charge on any atom is 0.107 e. The molecule has 4 heteroatoms. The van der Waals surface area contributed by atoms with Crippen LogP contribution in [-0.4, -0.2) is 29.0 Å². The van der Waals surface area contributed by atoms with E-state index in [2.05, 4.69) is 43.3 Å². The van der Waals surface area contributed by atoms with Crippen LogP contribution < -0.4 is 5.32 Å². The van der Waals surface area contributed by atoms with Gasteiger partial charge in [-0.25, -0.2) is 4.98 Å².